The SMILES string of the molecule is CC.NNCC(F)(F)OCC(F)(F)OCC(N)(F)F. The third-order valence-corrected chi connectivity index (χ3v) is 1.24. The van der Waals surface area contributed by atoms with E-state index in [4.69, 9.17) is 0 Å². The predicted molar refractivity (Wildman–Crippen MR) is 54.5 cm³/mol. The Morgan fingerprint density at radius 1 is 0.895 bits per heavy atom. The number of nitrogens with two attached hydrogens (primary N) is 2. The van der Waals surface area contributed by atoms with Crippen molar-refractivity contribution in [1.82, 2.24) is 5.43 Å². The first kappa shape index (κ1) is 20.7. The molecule has 0 aliphatic rings. The van der Waals surface area contributed by atoms with Gasteiger partial charge in [0.1, 0.15) is 19.8 Å². The second-order valence-electron chi connectivity index (χ2n) is 2.99. The summed E-state index contributed by atoms with van der Waals surface area (Å²) in [6.07, 6.45) is -8.30. The van der Waals surface area contributed by atoms with E-state index in [1.54, 1.807) is 0 Å². The van der Waals surface area contributed by atoms with Gasteiger partial charge in [-0.05, 0) is 0 Å². The second kappa shape index (κ2) is 8.53. The molecular formula is C8H17F6N3O2. The molecule has 0 aromatic heterocycles. The van der Waals surface area contributed by atoms with E-state index in [2.05, 4.69) is 21.1 Å². The number of alkyl halides is 6. The molecule has 0 aliphatic heterocycles. The van der Waals surface area contributed by atoms with Crippen LogP contribution in [0.2, 0.25) is 0 Å². The zero-order valence-electron chi connectivity index (χ0n) is 10.4. The van der Waals surface area contributed by atoms with E-state index in [0.717, 1.165) is 0 Å². The highest BCUT2D eigenvalue weighted by molar-refractivity contribution is 4.61. The highest BCUT2D eigenvalue weighted by atomic mass is 19.3. The van der Waals surface area contributed by atoms with Crippen molar-refractivity contribution in [3.8, 4) is 0 Å². The van der Waals surface area contributed by atoms with Crippen LogP contribution < -0.4 is 17.0 Å². The normalized spacial score (nSPS) is 12.9. The summed E-state index contributed by atoms with van der Waals surface area (Å²) in [5.74, 6) is 4.53. The maximum Gasteiger partial charge on any atom is 0.379 e. The van der Waals surface area contributed by atoms with Crippen LogP contribution in [0.1, 0.15) is 13.8 Å². The lowest BCUT2D eigenvalue weighted by molar-refractivity contribution is -0.330. The molecule has 11 heteroatoms. The molecule has 0 bridgehead atoms. The average Bonchev–Trinajstić information content (AvgIpc) is 2.26. The molecule has 0 unspecified atom stereocenters. The molecule has 0 radical (unpaired) electrons. The monoisotopic (exact) mass is 301 g/mol. The second-order valence-corrected chi connectivity index (χ2v) is 2.99. The molecule has 5 N–H and O–H groups in total. The number of ether oxygens (including phenoxy) is 2. The summed E-state index contributed by atoms with van der Waals surface area (Å²) in [5, 5.41) is 0. The average molecular weight is 301 g/mol. The minimum Gasteiger partial charge on any atom is -0.311 e. The Hall–Kier alpha value is -0.620. The van der Waals surface area contributed by atoms with Gasteiger partial charge in [0.2, 0.25) is 0 Å². The highest BCUT2D eigenvalue weighted by Crippen LogP contribution is 2.23. The quantitative estimate of drug-likeness (QED) is 0.272. The Morgan fingerprint density at radius 2 is 1.32 bits per heavy atom. The van der Waals surface area contributed by atoms with Gasteiger partial charge >= 0.3 is 18.3 Å². The van der Waals surface area contributed by atoms with Gasteiger partial charge in [-0.2, -0.15) is 26.3 Å². The lowest BCUT2D eigenvalue weighted by atomic mass is 10.5. The summed E-state index contributed by atoms with van der Waals surface area (Å²) in [4.78, 5) is 0. The van der Waals surface area contributed by atoms with Crippen LogP contribution in [0.15, 0.2) is 0 Å². The highest BCUT2D eigenvalue weighted by Gasteiger charge is 2.40. The smallest absolute Gasteiger partial charge is 0.311 e. The zero-order chi connectivity index (χ0) is 15.7. The first-order valence-corrected chi connectivity index (χ1v) is 5.11. The Kier molecular flexibility index (Phi) is 9.29. The fourth-order valence-electron chi connectivity index (χ4n) is 0.603. The summed E-state index contributed by atoms with van der Waals surface area (Å²) >= 11 is 0. The number of rotatable bonds is 8. The van der Waals surface area contributed by atoms with E-state index in [1.165, 1.54) is 5.43 Å². The molecule has 0 fully saturated rings. The molecule has 0 atom stereocenters. The van der Waals surface area contributed by atoms with Gasteiger partial charge in [-0.25, -0.2) is 0 Å². The molecule has 0 aromatic rings. The minimum atomic E-state index is -4.32. The van der Waals surface area contributed by atoms with Crippen LogP contribution >= 0.6 is 0 Å². The molecule has 0 amide bonds. The molecular weight excluding hydrogens is 284 g/mol. The van der Waals surface area contributed by atoms with Crippen LogP contribution in [0.4, 0.5) is 26.3 Å². The van der Waals surface area contributed by atoms with E-state index in [9.17, 15) is 26.3 Å². The summed E-state index contributed by atoms with van der Waals surface area (Å²) < 4.78 is 80.9. The van der Waals surface area contributed by atoms with E-state index in [-0.39, 0.29) is 0 Å². The van der Waals surface area contributed by atoms with Crippen LogP contribution in [-0.2, 0) is 9.47 Å². The number of hydrogen-bond donors (Lipinski definition) is 3. The van der Waals surface area contributed by atoms with Crippen molar-refractivity contribution in [3.63, 3.8) is 0 Å². The molecule has 0 aromatic carbocycles. The molecule has 0 rings (SSSR count). The van der Waals surface area contributed by atoms with Crippen molar-refractivity contribution >= 4 is 0 Å². The van der Waals surface area contributed by atoms with Crippen molar-refractivity contribution < 1.29 is 35.8 Å². The lowest BCUT2D eigenvalue weighted by Gasteiger charge is -2.22. The summed E-state index contributed by atoms with van der Waals surface area (Å²) in [6, 6.07) is -4.00. The number of halogens is 6. The molecule has 0 aliphatic carbocycles. The van der Waals surface area contributed by atoms with Crippen molar-refractivity contribution in [1.29, 1.82) is 0 Å². The maximum atomic E-state index is 12.6. The van der Waals surface area contributed by atoms with E-state index < -0.39 is 38.0 Å². The van der Waals surface area contributed by atoms with Gasteiger partial charge in [-0.1, -0.05) is 13.8 Å². The van der Waals surface area contributed by atoms with Crippen molar-refractivity contribution in [2.75, 3.05) is 19.8 Å². The van der Waals surface area contributed by atoms with Gasteiger partial charge < -0.3 is 9.47 Å². The maximum absolute atomic E-state index is 12.6. The molecule has 5 nitrogen and oxygen atoms in total. The van der Waals surface area contributed by atoms with Crippen molar-refractivity contribution in [2.24, 2.45) is 11.6 Å². The molecule has 19 heavy (non-hydrogen) atoms. The van der Waals surface area contributed by atoms with Gasteiger partial charge in [0.05, 0.1) is 0 Å². The largest absolute Gasteiger partial charge is 0.379 e. The van der Waals surface area contributed by atoms with Crippen molar-refractivity contribution in [2.45, 2.75) is 32.1 Å². The number of hydrazine groups is 1. The van der Waals surface area contributed by atoms with Crippen LogP contribution in [0.3, 0.4) is 0 Å². The molecule has 0 saturated heterocycles. The molecule has 0 saturated carbocycles. The fraction of sp³-hybridized carbons (Fsp3) is 1.00. The Labute approximate surface area is 106 Å². The summed E-state index contributed by atoms with van der Waals surface area (Å²) in [5.41, 5.74) is 5.56. The standard InChI is InChI=1S/C6H11F6N3O2.C2H6/c7-4(8,13)2-16-6(11,12)3-17-5(9,10)1-15-14;1-2/h15H,1-3,13-14H2;1-2H3. The Morgan fingerprint density at radius 3 is 1.68 bits per heavy atom. The third kappa shape index (κ3) is 13.6. The fourth-order valence-corrected chi connectivity index (χ4v) is 0.603. The van der Waals surface area contributed by atoms with Crippen molar-refractivity contribution in [3.05, 3.63) is 0 Å². The van der Waals surface area contributed by atoms with Crippen LogP contribution in [0.25, 0.3) is 0 Å². The first-order valence-electron chi connectivity index (χ1n) is 5.11. The molecule has 0 heterocycles. The lowest BCUT2D eigenvalue weighted by Crippen LogP contribution is -2.43. The van der Waals surface area contributed by atoms with Crippen LogP contribution in [0.5, 0.6) is 0 Å². The first-order chi connectivity index (χ1) is 8.47. The van der Waals surface area contributed by atoms with Gasteiger partial charge in [-0.15, -0.1) is 0 Å². The van der Waals surface area contributed by atoms with Gasteiger partial charge in [0.15, 0.2) is 0 Å². The third-order valence-electron chi connectivity index (χ3n) is 1.24. The van der Waals surface area contributed by atoms with Crippen LogP contribution in [0, 0.1) is 0 Å². The zero-order valence-corrected chi connectivity index (χ0v) is 10.4. The van der Waals surface area contributed by atoms with E-state index >= 15 is 0 Å². The van der Waals surface area contributed by atoms with E-state index in [1.807, 2.05) is 13.8 Å². The summed E-state index contributed by atoms with van der Waals surface area (Å²) in [6.45, 7) is -0.974. The topological polar surface area (TPSA) is 82.5 Å². The van der Waals surface area contributed by atoms with Crippen LogP contribution in [-0.4, -0.2) is 38.0 Å². The Bertz CT molecular complexity index is 237. The number of nitrogens with one attached hydrogen (secondary N) is 1. The van der Waals surface area contributed by atoms with E-state index in [0.29, 0.717) is 0 Å². The predicted octanol–water partition coefficient (Wildman–Crippen LogP) is 1.25. The van der Waals surface area contributed by atoms with Gasteiger partial charge in [0.25, 0.3) is 0 Å². The molecule has 118 valence electrons. The summed E-state index contributed by atoms with van der Waals surface area (Å²) in [7, 11) is 0. The van der Waals surface area contributed by atoms with Gasteiger partial charge in [0, 0.05) is 0 Å². The minimum absolute atomic E-state index is 1.23. The Balaban J connectivity index is 0. The molecule has 0 spiro atoms. The van der Waals surface area contributed by atoms with Gasteiger partial charge in [-0.3, -0.25) is 17.0 Å². The number of hydrogen-bond acceptors (Lipinski definition) is 5.